The Morgan fingerprint density at radius 3 is 2.67 bits per heavy atom. The molecule has 1 fully saturated rings. The van der Waals surface area contributed by atoms with Crippen LogP contribution in [0.2, 0.25) is 0 Å². The lowest BCUT2D eigenvalue weighted by atomic mass is 10.0. The highest BCUT2D eigenvalue weighted by atomic mass is 16.6. The molecular weight excluding hydrogens is 230 g/mol. The largest absolute Gasteiger partial charge is 0.444 e. The van der Waals surface area contributed by atoms with Gasteiger partial charge in [0.15, 0.2) is 0 Å². The highest BCUT2D eigenvalue weighted by molar-refractivity contribution is 5.80. The number of ether oxygens (including phenoxy) is 1. The molecule has 0 aromatic carbocycles. The average molecular weight is 253 g/mol. The Morgan fingerprint density at radius 1 is 1.44 bits per heavy atom. The van der Waals surface area contributed by atoms with Crippen LogP contribution in [0, 0.1) is 5.92 Å². The van der Waals surface area contributed by atoms with Gasteiger partial charge in [0.1, 0.15) is 11.4 Å². The monoisotopic (exact) mass is 253 g/mol. The van der Waals surface area contributed by atoms with Crippen molar-refractivity contribution in [1.82, 2.24) is 4.90 Å². The predicted molar refractivity (Wildman–Crippen MR) is 70.4 cm³/mol. The summed E-state index contributed by atoms with van der Waals surface area (Å²) in [5.74, 6) is 0.464. The summed E-state index contributed by atoms with van der Waals surface area (Å²) in [6, 6.07) is 0. The molecule has 0 bridgehead atoms. The van der Waals surface area contributed by atoms with Crippen LogP contribution in [-0.2, 0) is 9.53 Å². The Kier molecular flexibility index (Phi) is 4.93. The number of hydrogen-bond acceptors (Lipinski definition) is 3. The summed E-state index contributed by atoms with van der Waals surface area (Å²) in [4.78, 5) is 25.0. The third kappa shape index (κ3) is 4.90. The highest BCUT2D eigenvalue weighted by Gasteiger charge is 2.30. The molecule has 102 valence electrons. The summed E-state index contributed by atoms with van der Waals surface area (Å²) < 4.78 is 5.31. The second-order valence-corrected chi connectivity index (χ2v) is 5.82. The maximum absolute atomic E-state index is 11.8. The number of Topliss-reactive ketones (excluding diaryl/α,β-unsaturated/α-hetero) is 1. The summed E-state index contributed by atoms with van der Waals surface area (Å²) in [5.41, 5.74) is -0.464. The molecule has 0 unspecified atom stereocenters. The summed E-state index contributed by atoms with van der Waals surface area (Å²) in [7, 11) is 0. The van der Waals surface area contributed by atoms with E-state index in [1.54, 1.807) is 11.0 Å². The molecule has 0 aromatic heterocycles. The molecule has 4 nitrogen and oxygen atoms in total. The van der Waals surface area contributed by atoms with Crippen LogP contribution in [-0.4, -0.2) is 35.5 Å². The quantitative estimate of drug-likeness (QED) is 0.724. The minimum absolute atomic E-state index is 0.195. The van der Waals surface area contributed by atoms with Gasteiger partial charge >= 0.3 is 6.09 Å². The lowest BCUT2D eigenvalue weighted by Crippen LogP contribution is -2.35. The van der Waals surface area contributed by atoms with E-state index in [0.29, 0.717) is 25.9 Å². The molecule has 1 rings (SSSR count). The number of carbonyl (C=O) groups is 2. The first kappa shape index (κ1) is 14.7. The number of hydrogen-bond donors (Lipinski definition) is 0. The molecule has 0 aliphatic carbocycles. The minimum atomic E-state index is -0.464. The molecule has 1 aliphatic rings. The van der Waals surface area contributed by atoms with Crippen LogP contribution >= 0.6 is 0 Å². The smallest absolute Gasteiger partial charge is 0.410 e. The summed E-state index contributed by atoms with van der Waals surface area (Å²) in [6.07, 6.45) is 3.18. The van der Waals surface area contributed by atoms with Crippen LogP contribution in [0.4, 0.5) is 4.79 Å². The zero-order chi connectivity index (χ0) is 13.8. The summed E-state index contributed by atoms with van der Waals surface area (Å²) >= 11 is 0. The molecule has 18 heavy (non-hydrogen) atoms. The fourth-order valence-corrected chi connectivity index (χ4v) is 2.06. The van der Waals surface area contributed by atoms with E-state index in [-0.39, 0.29) is 17.8 Å². The van der Waals surface area contributed by atoms with Crippen molar-refractivity contribution in [3.05, 3.63) is 12.7 Å². The standard InChI is InChI=1S/C14H23NO3/c1-5-6-12(16)9-11-7-8-15(10-11)13(17)18-14(2,3)4/h5,11H,1,6-10H2,2-4H3/t11-/m0/s1. The van der Waals surface area contributed by atoms with Crippen LogP contribution in [0.15, 0.2) is 12.7 Å². The van der Waals surface area contributed by atoms with E-state index in [4.69, 9.17) is 4.74 Å². The molecule has 0 N–H and O–H groups in total. The maximum atomic E-state index is 11.8. The van der Waals surface area contributed by atoms with Crippen molar-refractivity contribution < 1.29 is 14.3 Å². The fourth-order valence-electron chi connectivity index (χ4n) is 2.06. The lowest BCUT2D eigenvalue weighted by Gasteiger charge is -2.24. The Bertz CT molecular complexity index is 330. The second-order valence-electron chi connectivity index (χ2n) is 5.82. The van der Waals surface area contributed by atoms with Crippen LogP contribution in [0.1, 0.15) is 40.0 Å². The molecule has 1 heterocycles. The zero-order valence-electron chi connectivity index (χ0n) is 11.6. The van der Waals surface area contributed by atoms with Crippen molar-refractivity contribution in [2.45, 2.75) is 45.6 Å². The van der Waals surface area contributed by atoms with Gasteiger partial charge in [0, 0.05) is 25.9 Å². The minimum Gasteiger partial charge on any atom is -0.444 e. The van der Waals surface area contributed by atoms with Gasteiger partial charge in [0.25, 0.3) is 0 Å². The van der Waals surface area contributed by atoms with E-state index in [1.807, 2.05) is 20.8 Å². The van der Waals surface area contributed by atoms with E-state index in [2.05, 4.69) is 6.58 Å². The van der Waals surface area contributed by atoms with Crippen LogP contribution < -0.4 is 0 Å². The Balaban J connectivity index is 2.39. The molecule has 0 radical (unpaired) electrons. The van der Waals surface area contributed by atoms with Crippen LogP contribution in [0.5, 0.6) is 0 Å². The molecule has 1 amide bonds. The van der Waals surface area contributed by atoms with Crippen LogP contribution in [0.3, 0.4) is 0 Å². The third-order valence-electron chi connectivity index (χ3n) is 2.83. The summed E-state index contributed by atoms with van der Waals surface area (Å²) in [6.45, 7) is 10.4. The van der Waals surface area contributed by atoms with Crippen molar-refractivity contribution in [1.29, 1.82) is 0 Å². The highest BCUT2D eigenvalue weighted by Crippen LogP contribution is 2.22. The van der Waals surface area contributed by atoms with E-state index in [9.17, 15) is 9.59 Å². The van der Waals surface area contributed by atoms with Crippen molar-refractivity contribution in [2.75, 3.05) is 13.1 Å². The Labute approximate surface area is 109 Å². The van der Waals surface area contributed by atoms with Gasteiger partial charge in [-0.05, 0) is 33.1 Å². The molecule has 1 atom stereocenters. The van der Waals surface area contributed by atoms with Gasteiger partial charge < -0.3 is 9.64 Å². The second kappa shape index (κ2) is 6.03. The van der Waals surface area contributed by atoms with Gasteiger partial charge in [0.2, 0.25) is 0 Å². The number of rotatable bonds is 4. The number of nitrogens with zero attached hydrogens (tertiary/aromatic N) is 1. The topological polar surface area (TPSA) is 46.6 Å². The lowest BCUT2D eigenvalue weighted by molar-refractivity contribution is -0.119. The number of allylic oxidation sites excluding steroid dienone is 1. The van der Waals surface area contributed by atoms with Crippen LogP contribution in [0.25, 0.3) is 0 Å². The van der Waals surface area contributed by atoms with Crippen molar-refractivity contribution in [3.63, 3.8) is 0 Å². The molecule has 4 heteroatoms. The predicted octanol–water partition coefficient (Wildman–Crippen LogP) is 2.78. The van der Waals surface area contributed by atoms with Gasteiger partial charge in [-0.15, -0.1) is 6.58 Å². The first-order chi connectivity index (χ1) is 8.31. The van der Waals surface area contributed by atoms with Crippen molar-refractivity contribution >= 4 is 11.9 Å². The number of likely N-dealkylation sites (tertiary alicyclic amines) is 1. The van der Waals surface area contributed by atoms with Gasteiger partial charge in [-0.1, -0.05) is 6.08 Å². The van der Waals surface area contributed by atoms with Crippen molar-refractivity contribution in [2.24, 2.45) is 5.92 Å². The first-order valence-electron chi connectivity index (χ1n) is 6.42. The molecule has 0 spiro atoms. The van der Waals surface area contributed by atoms with Gasteiger partial charge in [-0.25, -0.2) is 4.79 Å². The van der Waals surface area contributed by atoms with Gasteiger partial charge in [-0.3, -0.25) is 4.79 Å². The number of amides is 1. The SMILES string of the molecule is C=CCC(=O)C[C@@H]1CCN(C(=O)OC(C)(C)C)C1. The van der Waals surface area contributed by atoms with Gasteiger partial charge in [-0.2, -0.15) is 0 Å². The summed E-state index contributed by atoms with van der Waals surface area (Å²) in [5, 5.41) is 0. The van der Waals surface area contributed by atoms with E-state index < -0.39 is 5.60 Å². The molecule has 0 saturated carbocycles. The fraction of sp³-hybridized carbons (Fsp3) is 0.714. The van der Waals surface area contributed by atoms with E-state index >= 15 is 0 Å². The Hall–Kier alpha value is -1.32. The molecule has 0 aromatic rings. The molecule has 1 saturated heterocycles. The normalized spacial score (nSPS) is 19.7. The van der Waals surface area contributed by atoms with E-state index in [1.165, 1.54) is 0 Å². The van der Waals surface area contributed by atoms with Crippen molar-refractivity contribution in [3.8, 4) is 0 Å². The van der Waals surface area contributed by atoms with Gasteiger partial charge in [0.05, 0.1) is 0 Å². The molecular formula is C14H23NO3. The maximum Gasteiger partial charge on any atom is 0.410 e. The first-order valence-corrected chi connectivity index (χ1v) is 6.42. The number of ketones is 1. The zero-order valence-corrected chi connectivity index (χ0v) is 11.6. The Morgan fingerprint density at radius 2 is 2.11 bits per heavy atom. The average Bonchev–Trinajstić information content (AvgIpc) is 2.63. The number of carbonyl (C=O) groups excluding carboxylic acids is 2. The third-order valence-corrected chi connectivity index (χ3v) is 2.83. The molecule has 1 aliphatic heterocycles. The van der Waals surface area contributed by atoms with E-state index in [0.717, 1.165) is 6.42 Å².